The molecule has 0 saturated carbocycles. The third-order valence-electron chi connectivity index (χ3n) is 2.29. The van der Waals surface area contributed by atoms with Crippen molar-refractivity contribution in [3.8, 4) is 0 Å². The molecule has 13 heavy (non-hydrogen) atoms. The highest BCUT2D eigenvalue weighted by atomic mass is 32.2. The minimum absolute atomic E-state index is 0.332. The zero-order chi connectivity index (χ0) is 9.73. The van der Waals surface area contributed by atoms with E-state index in [1.54, 1.807) is 0 Å². The molecule has 0 unspecified atom stereocenters. The lowest BCUT2D eigenvalue weighted by molar-refractivity contribution is 0.295. The minimum Gasteiger partial charge on any atom is -0.316 e. The van der Waals surface area contributed by atoms with Crippen LogP contribution in [0.5, 0.6) is 0 Å². The van der Waals surface area contributed by atoms with Gasteiger partial charge in [-0.25, -0.2) is 8.42 Å². The van der Waals surface area contributed by atoms with Crippen LogP contribution in [0.1, 0.15) is 6.92 Å². The Balaban J connectivity index is 2.18. The molecule has 1 N–H and O–H groups in total. The van der Waals surface area contributed by atoms with Gasteiger partial charge in [0, 0.05) is 26.2 Å². The molecule has 0 aliphatic carbocycles. The van der Waals surface area contributed by atoms with Crippen molar-refractivity contribution in [2.24, 2.45) is 0 Å². The first-order valence-corrected chi connectivity index (χ1v) is 6.59. The van der Waals surface area contributed by atoms with Gasteiger partial charge in [-0.15, -0.1) is 0 Å². The Labute approximate surface area is 80.2 Å². The van der Waals surface area contributed by atoms with Crippen LogP contribution < -0.4 is 5.32 Å². The predicted octanol–water partition coefficient (Wildman–Crippen LogP) is -0.674. The molecule has 0 amide bonds. The summed E-state index contributed by atoms with van der Waals surface area (Å²) in [6.45, 7) is 6.37. The molecule has 0 aromatic carbocycles. The van der Waals surface area contributed by atoms with E-state index < -0.39 is 9.84 Å². The van der Waals surface area contributed by atoms with Crippen molar-refractivity contribution in [3.63, 3.8) is 0 Å². The van der Waals surface area contributed by atoms with Crippen molar-refractivity contribution >= 4 is 9.84 Å². The Kier molecular flexibility index (Phi) is 4.15. The zero-order valence-corrected chi connectivity index (χ0v) is 8.94. The Morgan fingerprint density at radius 1 is 1.31 bits per heavy atom. The quantitative estimate of drug-likeness (QED) is 0.620. The molecular formula is C8H18N2O2S. The van der Waals surface area contributed by atoms with Gasteiger partial charge in [-0.1, -0.05) is 6.92 Å². The fraction of sp³-hybridized carbons (Fsp3) is 1.00. The fourth-order valence-corrected chi connectivity index (χ4v) is 2.66. The third kappa shape index (κ3) is 4.06. The Bertz CT molecular complexity index is 225. The van der Waals surface area contributed by atoms with Crippen LogP contribution >= 0.6 is 0 Å². The standard InChI is InChI=1S/C8H18N2O2S/c1-2-9-3-4-10-5-7-13(11,12)8-6-10/h9H,2-8H2,1H3. The van der Waals surface area contributed by atoms with Crippen molar-refractivity contribution in [3.05, 3.63) is 0 Å². The van der Waals surface area contributed by atoms with Gasteiger partial charge in [-0.3, -0.25) is 0 Å². The van der Waals surface area contributed by atoms with Gasteiger partial charge in [0.25, 0.3) is 0 Å². The lowest BCUT2D eigenvalue weighted by Gasteiger charge is -2.26. The summed E-state index contributed by atoms with van der Waals surface area (Å²) >= 11 is 0. The summed E-state index contributed by atoms with van der Waals surface area (Å²) < 4.78 is 22.2. The van der Waals surface area contributed by atoms with Gasteiger partial charge in [0.15, 0.2) is 9.84 Å². The molecule has 78 valence electrons. The number of sulfone groups is 1. The molecule has 1 rings (SSSR count). The average molecular weight is 206 g/mol. The van der Waals surface area contributed by atoms with Crippen molar-refractivity contribution in [1.29, 1.82) is 0 Å². The Morgan fingerprint density at radius 2 is 1.92 bits per heavy atom. The third-order valence-corrected chi connectivity index (χ3v) is 3.90. The van der Waals surface area contributed by atoms with E-state index in [2.05, 4.69) is 17.1 Å². The number of rotatable bonds is 4. The summed E-state index contributed by atoms with van der Waals surface area (Å²) in [6, 6.07) is 0. The molecule has 1 saturated heterocycles. The highest BCUT2D eigenvalue weighted by Crippen LogP contribution is 2.02. The maximum absolute atomic E-state index is 11.1. The number of hydrogen-bond donors (Lipinski definition) is 1. The summed E-state index contributed by atoms with van der Waals surface area (Å²) in [6.07, 6.45) is 0. The Hall–Kier alpha value is -0.130. The van der Waals surface area contributed by atoms with E-state index in [1.165, 1.54) is 0 Å². The number of nitrogens with zero attached hydrogens (tertiary/aromatic N) is 1. The lowest BCUT2D eigenvalue weighted by Crippen LogP contribution is -2.43. The topological polar surface area (TPSA) is 49.4 Å². The second-order valence-corrected chi connectivity index (χ2v) is 5.65. The molecule has 0 atom stereocenters. The molecule has 5 heteroatoms. The average Bonchev–Trinajstić information content (AvgIpc) is 2.08. The van der Waals surface area contributed by atoms with Gasteiger partial charge in [-0.2, -0.15) is 0 Å². The zero-order valence-electron chi connectivity index (χ0n) is 8.12. The van der Waals surface area contributed by atoms with E-state index >= 15 is 0 Å². The van der Waals surface area contributed by atoms with E-state index in [0.717, 1.165) is 19.6 Å². The molecule has 0 spiro atoms. The second kappa shape index (κ2) is 4.93. The number of nitrogens with one attached hydrogen (secondary N) is 1. The van der Waals surface area contributed by atoms with Crippen LogP contribution in [-0.2, 0) is 9.84 Å². The predicted molar refractivity (Wildman–Crippen MR) is 53.6 cm³/mol. The summed E-state index contributed by atoms with van der Waals surface area (Å²) in [5, 5.41) is 3.23. The van der Waals surface area contributed by atoms with Gasteiger partial charge in [0.2, 0.25) is 0 Å². The van der Waals surface area contributed by atoms with E-state index in [9.17, 15) is 8.42 Å². The smallest absolute Gasteiger partial charge is 0.152 e. The van der Waals surface area contributed by atoms with Crippen LogP contribution in [0.3, 0.4) is 0 Å². The van der Waals surface area contributed by atoms with Crippen LogP contribution in [0, 0.1) is 0 Å². The molecular weight excluding hydrogens is 188 g/mol. The van der Waals surface area contributed by atoms with Crippen molar-refractivity contribution < 1.29 is 8.42 Å². The van der Waals surface area contributed by atoms with Crippen LogP contribution in [0.25, 0.3) is 0 Å². The first-order valence-electron chi connectivity index (χ1n) is 4.77. The van der Waals surface area contributed by atoms with Crippen molar-refractivity contribution in [2.75, 3.05) is 44.2 Å². The van der Waals surface area contributed by atoms with Crippen LogP contribution in [0.4, 0.5) is 0 Å². The summed E-state index contributed by atoms with van der Waals surface area (Å²) in [5.41, 5.74) is 0. The van der Waals surface area contributed by atoms with Crippen LogP contribution in [0.2, 0.25) is 0 Å². The first-order chi connectivity index (χ1) is 6.14. The largest absolute Gasteiger partial charge is 0.316 e. The van der Waals surface area contributed by atoms with Gasteiger partial charge in [-0.05, 0) is 6.54 Å². The minimum atomic E-state index is -2.71. The molecule has 1 aliphatic heterocycles. The SMILES string of the molecule is CCNCCN1CCS(=O)(=O)CC1. The molecule has 0 bridgehead atoms. The van der Waals surface area contributed by atoms with Gasteiger partial charge < -0.3 is 10.2 Å². The molecule has 0 aromatic rings. The van der Waals surface area contributed by atoms with E-state index in [-0.39, 0.29) is 0 Å². The van der Waals surface area contributed by atoms with Crippen LogP contribution in [-0.4, -0.2) is 57.5 Å². The van der Waals surface area contributed by atoms with E-state index in [1.807, 2.05) is 0 Å². The normalized spacial score (nSPS) is 23.2. The van der Waals surface area contributed by atoms with Crippen molar-refractivity contribution in [2.45, 2.75) is 6.92 Å². The van der Waals surface area contributed by atoms with Gasteiger partial charge in [0.1, 0.15) is 0 Å². The monoisotopic (exact) mass is 206 g/mol. The maximum atomic E-state index is 11.1. The molecule has 0 radical (unpaired) electrons. The summed E-state index contributed by atoms with van der Waals surface area (Å²) in [5.74, 6) is 0.665. The van der Waals surface area contributed by atoms with Crippen molar-refractivity contribution in [1.82, 2.24) is 10.2 Å². The Morgan fingerprint density at radius 3 is 2.46 bits per heavy atom. The van der Waals surface area contributed by atoms with E-state index in [0.29, 0.717) is 24.6 Å². The number of hydrogen-bond acceptors (Lipinski definition) is 4. The van der Waals surface area contributed by atoms with Crippen LogP contribution in [0.15, 0.2) is 0 Å². The second-order valence-electron chi connectivity index (χ2n) is 3.35. The van der Waals surface area contributed by atoms with Gasteiger partial charge >= 0.3 is 0 Å². The summed E-state index contributed by atoms with van der Waals surface area (Å²) in [4.78, 5) is 2.20. The first kappa shape index (κ1) is 10.9. The molecule has 1 heterocycles. The fourth-order valence-electron chi connectivity index (χ4n) is 1.39. The lowest BCUT2D eigenvalue weighted by atomic mass is 10.4. The highest BCUT2D eigenvalue weighted by Gasteiger charge is 2.20. The van der Waals surface area contributed by atoms with E-state index in [4.69, 9.17) is 0 Å². The molecule has 1 aliphatic rings. The molecule has 4 nitrogen and oxygen atoms in total. The maximum Gasteiger partial charge on any atom is 0.152 e. The summed E-state index contributed by atoms with van der Waals surface area (Å²) in [7, 11) is -2.71. The number of likely N-dealkylation sites (N-methyl/N-ethyl adjacent to an activating group) is 1. The highest BCUT2D eigenvalue weighted by molar-refractivity contribution is 7.91. The molecule has 1 fully saturated rings. The van der Waals surface area contributed by atoms with Gasteiger partial charge in [0.05, 0.1) is 11.5 Å². The molecule has 0 aromatic heterocycles.